The molecule has 0 bridgehead atoms. The van der Waals surface area contributed by atoms with Crippen LogP contribution in [-0.2, 0) is 0 Å². The molecular formula is C18H12Cl2O2. The summed E-state index contributed by atoms with van der Waals surface area (Å²) in [6.07, 6.45) is 0. The Balaban J connectivity index is 2.31. The maximum atomic E-state index is 10.5. The monoisotopic (exact) mass is 330 g/mol. The molecule has 0 unspecified atom stereocenters. The summed E-state index contributed by atoms with van der Waals surface area (Å²) in [6.45, 7) is 0. The quantitative estimate of drug-likeness (QED) is 0.588. The third kappa shape index (κ3) is 2.41. The lowest BCUT2D eigenvalue weighted by molar-refractivity contribution is 0.464. The van der Waals surface area contributed by atoms with E-state index in [4.69, 9.17) is 23.2 Å². The molecule has 3 aromatic rings. The standard InChI is InChI=1S/C18H12Cl2O2/c19-15-13(11-7-3-1-4-8-11)17(21)16(20)14(18(15)22)12-9-5-2-6-10-12/h1-10,21-22H. The van der Waals surface area contributed by atoms with Gasteiger partial charge in [0.2, 0.25) is 0 Å². The molecule has 0 fully saturated rings. The largest absolute Gasteiger partial charge is 0.506 e. The summed E-state index contributed by atoms with van der Waals surface area (Å²) in [5.74, 6) is -0.288. The Morgan fingerprint density at radius 2 is 0.864 bits per heavy atom. The molecule has 0 heterocycles. The molecule has 110 valence electrons. The van der Waals surface area contributed by atoms with Gasteiger partial charge in [0.25, 0.3) is 0 Å². The van der Waals surface area contributed by atoms with Crippen molar-refractivity contribution in [2.24, 2.45) is 0 Å². The Hall–Kier alpha value is -2.16. The van der Waals surface area contributed by atoms with Crippen molar-refractivity contribution in [2.75, 3.05) is 0 Å². The summed E-state index contributed by atoms with van der Waals surface area (Å²) in [5.41, 5.74) is 2.01. The molecule has 3 rings (SSSR count). The zero-order valence-electron chi connectivity index (χ0n) is 11.4. The number of rotatable bonds is 2. The number of phenols is 2. The molecule has 0 atom stereocenters. The third-order valence-corrected chi connectivity index (χ3v) is 4.19. The Bertz CT molecular complexity index is 716. The van der Waals surface area contributed by atoms with Crippen LogP contribution in [-0.4, -0.2) is 10.2 Å². The molecule has 0 saturated heterocycles. The van der Waals surface area contributed by atoms with Gasteiger partial charge in [0.05, 0.1) is 10.0 Å². The normalized spacial score (nSPS) is 10.6. The molecule has 0 saturated carbocycles. The molecule has 2 nitrogen and oxygen atoms in total. The van der Waals surface area contributed by atoms with Crippen molar-refractivity contribution >= 4 is 23.2 Å². The van der Waals surface area contributed by atoms with Crippen molar-refractivity contribution in [3.05, 3.63) is 70.7 Å². The summed E-state index contributed by atoms with van der Waals surface area (Å²) < 4.78 is 0. The van der Waals surface area contributed by atoms with Gasteiger partial charge in [-0.05, 0) is 11.1 Å². The maximum absolute atomic E-state index is 10.5. The van der Waals surface area contributed by atoms with Gasteiger partial charge in [-0.15, -0.1) is 0 Å². The summed E-state index contributed by atoms with van der Waals surface area (Å²) >= 11 is 12.6. The molecule has 0 aliphatic carbocycles. The first-order valence-electron chi connectivity index (χ1n) is 6.65. The predicted octanol–water partition coefficient (Wildman–Crippen LogP) is 5.74. The van der Waals surface area contributed by atoms with Crippen molar-refractivity contribution in [1.29, 1.82) is 0 Å². The third-order valence-electron chi connectivity index (χ3n) is 3.45. The number of phenolic OH excluding ortho intramolecular Hbond substituents is 2. The molecule has 2 N–H and O–H groups in total. The van der Waals surface area contributed by atoms with Gasteiger partial charge in [-0.3, -0.25) is 0 Å². The highest BCUT2D eigenvalue weighted by Crippen LogP contribution is 2.52. The molecule has 0 amide bonds. The fourth-order valence-electron chi connectivity index (χ4n) is 2.40. The molecule has 0 aliphatic rings. The molecule has 0 spiro atoms. The van der Waals surface area contributed by atoms with Gasteiger partial charge >= 0.3 is 0 Å². The van der Waals surface area contributed by atoms with Crippen LogP contribution in [0.5, 0.6) is 11.5 Å². The minimum Gasteiger partial charge on any atom is -0.506 e. The number of benzene rings is 3. The minimum atomic E-state index is -0.144. The van der Waals surface area contributed by atoms with Crippen molar-refractivity contribution in [3.63, 3.8) is 0 Å². The van der Waals surface area contributed by atoms with Crippen LogP contribution in [0.3, 0.4) is 0 Å². The van der Waals surface area contributed by atoms with Crippen LogP contribution in [0.25, 0.3) is 22.3 Å². The first-order chi connectivity index (χ1) is 10.6. The second kappa shape index (κ2) is 5.91. The Morgan fingerprint density at radius 3 is 1.18 bits per heavy atom. The molecular weight excluding hydrogens is 319 g/mol. The van der Waals surface area contributed by atoms with Crippen LogP contribution in [0.2, 0.25) is 10.0 Å². The second-order valence-corrected chi connectivity index (χ2v) is 5.56. The van der Waals surface area contributed by atoms with Crippen molar-refractivity contribution in [3.8, 4) is 33.8 Å². The lowest BCUT2D eigenvalue weighted by Crippen LogP contribution is -1.89. The second-order valence-electron chi connectivity index (χ2n) is 4.81. The highest BCUT2D eigenvalue weighted by atomic mass is 35.5. The SMILES string of the molecule is Oc1c(Cl)c(-c2ccccc2)c(O)c(Cl)c1-c1ccccc1. The van der Waals surface area contributed by atoms with Crippen molar-refractivity contribution < 1.29 is 10.2 Å². The fraction of sp³-hybridized carbons (Fsp3) is 0. The van der Waals surface area contributed by atoms with E-state index in [1.807, 2.05) is 36.4 Å². The molecule has 3 aromatic carbocycles. The smallest absolute Gasteiger partial charge is 0.144 e. The first-order valence-corrected chi connectivity index (χ1v) is 7.40. The van der Waals surface area contributed by atoms with Crippen LogP contribution in [0.4, 0.5) is 0 Å². The van der Waals surface area contributed by atoms with Crippen molar-refractivity contribution in [1.82, 2.24) is 0 Å². The van der Waals surface area contributed by atoms with E-state index in [9.17, 15) is 10.2 Å². The topological polar surface area (TPSA) is 40.5 Å². The maximum Gasteiger partial charge on any atom is 0.144 e. The highest BCUT2D eigenvalue weighted by Gasteiger charge is 2.23. The zero-order valence-corrected chi connectivity index (χ0v) is 12.9. The first kappa shape index (κ1) is 14.8. The highest BCUT2D eigenvalue weighted by molar-refractivity contribution is 6.40. The summed E-state index contributed by atoms with van der Waals surface area (Å²) in [7, 11) is 0. The van der Waals surface area contributed by atoms with Gasteiger partial charge in [-0.2, -0.15) is 0 Å². The van der Waals surface area contributed by atoms with Gasteiger partial charge in [-0.1, -0.05) is 83.9 Å². The lowest BCUT2D eigenvalue weighted by Gasteiger charge is -2.16. The van der Waals surface area contributed by atoms with Crippen LogP contribution >= 0.6 is 23.2 Å². The fourth-order valence-corrected chi connectivity index (χ4v) is 2.99. The van der Waals surface area contributed by atoms with Crippen LogP contribution < -0.4 is 0 Å². The van der Waals surface area contributed by atoms with E-state index in [1.54, 1.807) is 24.3 Å². The van der Waals surface area contributed by atoms with Crippen molar-refractivity contribution in [2.45, 2.75) is 0 Å². The van der Waals surface area contributed by atoms with Gasteiger partial charge < -0.3 is 10.2 Å². The minimum absolute atomic E-state index is 0.0759. The van der Waals surface area contributed by atoms with Gasteiger partial charge in [0, 0.05) is 11.1 Å². The van der Waals surface area contributed by atoms with E-state index in [-0.39, 0.29) is 21.5 Å². The van der Waals surface area contributed by atoms with E-state index in [1.165, 1.54) is 0 Å². The van der Waals surface area contributed by atoms with Crippen LogP contribution in [0.1, 0.15) is 0 Å². The number of hydrogen-bond donors (Lipinski definition) is 2. The van der Waals surface area contributed by atoms with E-state index < -0.39 is 0 Å². The Kier molecular flexibility index (Phi) is 3.97. The number of aromatic hydroxyl groups is 2. The van der Waals surface area contributed by atoms with E-state index >= 15 is 0 Å². The number of halogens is 2. The average molecular weight is 331 g/mol. The lowest BCUT2D eigenvalue weighted by atomic mass is 9.97. The Morgan fingerprint density at radius 1 is 0.545 bits per heavy atom. The molecule has 0 aliphatic heterocycles. The van der Waals surface area contributed by atoms with E-state index in [0.717, 1.165) is 0 Å². The number of hydrogen-bond acceptors (Lipinski definition) is 2. The molecule has 0 aromatic heterocycles. The van der Waals surface area contributed by atoms with Gasteiger partial charge in [0.15, 0.2) is 0 Å². The predicted molar refractivity (Wildman–Crippen MR) is 90.7 cm³/mol. The summed E-state index contributed by atoms with van der Waals surface area (Å²) in [5, 5.41) is 21.1. The average Bonchev–Trinajstić information content (AvgIpc) is 2.55. The van der Waals surface area contributed by atoms with Crippen LogP contribution in [0.15, 0.2) is 60.7 Å². The molecule has 22 heavy (non-hydrogen) atoms. The van der Waals surface area contributed by atoms with Gasteiger partial charge in [-0.25, -0.2) is 0 Å². The van der Waals surface area contributed by atoms with Gasteiger partial charge in [0.1, 0.15) is 11.5 Å². The summed E-state index contributed by atoms with van der Waals surface area (Å²) in [4.78, 5) is 0. The summed E-state index contributed by atoms with van der Waals surface area (Å²) in [6, 6.07) is 18.2. The molecule has 0 radical (unpaired) electrons. The van der Waals surface area contributed by atoms with E-state index in [2.05, 4.69) is 0 Å². The molecule has 4 heteroatoms. The van der Waals surface area contributed by atoms with E-state index in [0.29, 0.717) is 22.3 Å². The zero-order chi connectivity index (χ0) is 15.7. The van der Waals surface area contributed by atoms with Crippen LogP contribution in [0, 0.1) is 0 Å². The Labute approximate surface area is 138 Å².